The summed E-state index contributed by atoms with van der Waals surface area (Å²) < 4.78 is 24.3. The van der Waals surface area contributed by atoms with Crippen LogP contribution < -0.4 is 5.32 Å². The third kappa shape index (κ3) is 2.08. The van der Waals surface area contributed by atoms with E-state index in [0.29, 0.717) is 19.1 Å². The molecule has 2 rings (SSSR count). The van der Waals surface area contributed by atoms with Crippen LogP contribution in [0.3, 0.4) is 0 Å². The van der Waals surface area contributed by atoms with Crippen LogP contribution in [0.15, 0.2) is 0 Å². The van der Waals surface area contributed by atoms with Crippen molar-refractivity contribution in [1.82, 2.24) is 14.5 Å². The molecule has 2 fully saturated rings. The normalized spacial score (nSPS) is 31.4. The van der Waals surface area contributed by atoms with Crippen LogP contribution in [0.1, 0.15) is 0 Å². The molecule has 1 atom stereocenters. The summed E-state index contributed by atoms with van der Waals surface area (Å²) in [6.45, 7) is 5.14. The van der Waals surface area contributed by atoms with Crippen LogP contribution in [-0.2, 0) is 10.0 Å². The van der Waals surface area contributed by atoms with Gasteiger partial charge in [-0.1, -0.05) is 0 Å². The highest BCUT2D eigenvalue weighted by Crippen LogP contribution is 2.13. The van der Waals surface area contributed by atoms with Crippen molar-refractivity contribution in [2.45, 2.75) is 6.04 Å². The zero-order valence-electron chi connectivity index (χ0n) is 8.44. The van der Waals surface area contributed by atoms with E-state index >= 15 is 0 Å². The van der Waals surface area contributed by atoms with Crippen molar-refractivity contribution in [3.63, 3.8) is 0 Å². The molecule has 2 saturated heterocycles. The maximum Gasteiger partial charge on any atom is 0.211 e. The number of nitrogens with one attached hydrogen (secondary N) is 1. The van der Waals surface area contributed by atoms with Crippen molar-refractivity contribution in [3.05, 3.63) is 0 Å². The first-order valence-corrected chi connectivity index (χ1v) is 6.82. The standard InChI is InChI=1S/C8H17N3O2S/c1-14(12,13)11-5-4-10-3-2-9-6-8(10)7-11/h8-9H,2-7H2,1H3/t8-/m0/s1. The smallest absolute Gasteiger partial charge is 0.211 e. The van der Waals surface area contributed by atoms with E-state index in [0.717, 1.165) is 26.2 Å². The molecule has 0 aliphatic carbocycles. The largest absolute Gasteiger partial charge is 0.314 e. The lowest BCUT2D eigenvalue weighted by atomic mass is 10.1. The molecule has 2 aliphatic heterocycles. The zero-order chi connectivity index (χ0) is 10.2. The van der Waals surface area contributed by atoms with Gasteiger partial charge in [0.2, 0.25) is 10.0 Å². The summed E-state index contributed by atoms with van der Waals surface area (Å²) in [6, 6.07) is 0.368. The Morgan fingerprint density at radius 3 is 2.79 bits per heavy atom. The van der Waals surface area contributed by atoms with Gasteiger partial charge in [-0.05, 0) is 0 Å². The van der Waals surface area contributed by atoms with Gasteiger partial charge in [0.15, 0.2) is 0 Å². The maximum atomic E-state index is 11.3. The molecule has 2 heterocycles. The SMILES string of the molecule is CS(=O)(=O)N1CCN2CCNC[C@H]2C1. The van der Waals surface area contributed by atoms with Gasteiger partial charge >= 0.3 is 0 Å². The first-order chi connectivity index (χ1) is 6.57. The van der Waals surface area contributed by atoms with Crippen molar-refractivity contribution in [3.8, 4) is 0 Å². The van der Waals surface area contributed by atoms with Gasteiger partial charge in [0, 0.05) is 45.3 Å². The van der Waals surface area contributed by atoms with E-state index in [4.69, 9.17) is 0 Å². The molecule has 0 aromatic carbocycles. The molecule has 2 aliphatic rings. The molecule has 82 valence electrons. The second-order valence-corrected chi connectivity index (χ2v) is 6.00. The highest BCUT2D eigenvalue weighted by Gasteiger charge is 2.32. The number of fused-ring (bicyclic) bond motifs is 1. The molecule has 0 amide bonds. The molecule has 0 aromatic rings. The van der Waals surface area contributed by atoms with Crippen LogP contribution in [0.4, 0.5) is 0 Å². The second-order valence-electron chi connectivity index (χ2n) is 4.01. The number of rotatable bonds is 1. The molecule has 0 aromatic heterocycles. The predicted molar refractivity (Wildman–Crippen MR) is 54.6 cm³/mol. The van der Waals surface area contributed by atoms with Crippen LogP contribution in [0.25, 0.3) is 0 Å². The van der Waals surface area contributed by atoms with Crippen LogP contribution in [0.2, 0.25) is 0 Å². The summed E-state index contributed by atoms with van der Waals surface area (Å²) in [5.74, 6) is 0. The third-order valence-electron chi connectivity index (χ3n) is 2.99. The van der Waals surface area contributed by atoms with Gasteiger partial charge in [-0.3, -0.25) is 4.90 Å². The molecule has 0 unspecified atom stereocenters. The predicted octanol–water partition coefficient (Wildman–Crippen LogP) is -1.46. The summed E-state index contributed by atoms with van der Waals surface area (Å²) >= 11 is 0. The lowest BCUT2D eigenvalue weighted by Gasteiger charge is -2.43. The summed E-state index contributed by atoms with van der Waals surface area (Å²) in [5, 5.41) is 3.29. The molecule has 5 nitrogen and oxygen atoms in total. The molecule has 0 saturated carbocycles. The van der Waals surface area contributed by atoms with E-state index in [1.165, 1.54) is 6.26 Å². The van der Waals surface area contributed by atoms with Gasteiger partial charge in [-0.2, -0.15) is 4.31 Å². The molecule has 0 bridgehead atoms. The first kappa shape index (κ1) is 10.4. The summed E-state index contributed by atoms with van der Waals surface area (Å²) in [7, 11) is -3.00. The van der Waals surface area contributed by atoms with Crippen LogP contribution in [0.5, 0.6) is 0 Å². The summed E-state index contributed by atoms with van der Waals surface area (Å²) in [6.07, 6.45) is 1.29. The minimum Gasteiger partial charge on any atom is -0.314 e. The Bertz CT molecular complexity index is 304. The minimum absolute atomic E-state index is 0.368. The van der Waals surface area contributed by atoms with Gasteiger partial charge in [-0.15, -0.1) is 0 Å². The summed E-state index contributed by atoms with van der Waals surface area (Å²) in [5.41, 5.74) is 0. The van der Waals surface area contributed by atoms with Gasteiger partial charge in [0.1, 0.15) is 0 Å². The Hall–Kier alpha value is -0.170. The molecule has 0 radical (unpaired) electrons. The zero-order valence-corrected chi connectivity index (χ0v) is 9.26. The Kier molecular flexibility index (Phi) is 2.79. The van der Waals surface area contributed by atoms with Crippen molar-refractivity contribution in [1.29, 1.82) is 0 Å². The Balaban J connectivity index is 2.03. The van der Waals surface area contributed by atoms with Crippen molar-refractivity contribution in [2.75, 3.05) is 45.5 Å². The van der Waals surface area contributed by atoms with Crippen LogP contribution in [-0.4, -0.2) is 69.2 Å². The minimum atomic E-state index is -3.00. The Labute approximate surface area is 85.1 Å². The number of hydrogen-bond acceptors (Lipinski definition) is 4. The maximum absolute atomic E-state index is 11.3. The molecular weight excluding hydrogens is 202 g/mol. The fraction of sp³-hybridized carbons (Fsp3) is 1.00. The van der Waals surface area contributed by atoms with E-state index in [2.05, 4.69) is 10.2 Å². The molecule has 14 heavy (non-hydrogen) atoms. The quantitative estimate of drug-likeness (QED) is 0.585. The average molecular weight is 219 g/mol. The molecule has 6 heteroatoms. The number of sulfonamides is 1. The average Bonchev–Trinajstić information content (AvgIpc) is 2.16. The lowest BCUT2D eigenvalue weighted by molar-refractivity contribution is 0.0959. The third-order valence-corrected chi connectivity index (χ3v) is 4.26. The van der Waals surface area contributed by atoms with Gasteiger partial charge < -0.3 is 5.32 Å². The topological polar surface area (TPSA) is 52.7 Å². The Morgan fingerprint density at radius 2 is 2.07 bits per heavy atom. The molecule has 1 N–H and O–H groups in total. The van der Waals surface area contributed by atoms with E-state index < -0.39 is 10.0 Å². The fourth-order valence-corrected chi connectivity index (χ4v) is 3.00. The van der Waals surface area contributed by atoms with E-state index in [1.54, 1.807) is 4.31 Å². The van der Waals surface area contributed by atoms with Crippen molar-refractivity contribution >= 4 is 10.0 Å². The summed E-state index contributed by atoms with van der Waals surface area (Å²) in [4.78, 5) is 2.37. The highest BCUT2D eigenvalue weighted by atomic mass is 32.2. The monoisotopic (exact) mass is 219 g/mol. The van der Waals surface area contributed by atoms with E-state index in [1.807, 2.05) is 0 Å². The number of piperazine rings is 2. The van der Waals surface area contributed by atoms with Gasteiger partial charge in [0.25, 0.3) is 0 Å². The molecular formula is C8H17N3O2S. The van der Waals surface area contributed by atoms with Crippen molar-refractivity contribution in [2.24, 2.45) is 0 Å². The molecule has 0 spiro atoms. The second kappa shape index (κ2) is 3.77. The van der Waals surface area contributed by atoms with E-state index in [9.17, 15) is 8.42 Å². The van der Waals surface area contributed by atoms with Crippen LogP contribution in [0, 0.1) is 0 Å². The first-order valence-electron chi connectivity index (χ1n) is 4.97. The van der Waals surface area contributed by atoms with E-state index in [-0.39, 0.29) is 0 Å². The van der Waals surface area contributed by atoms with Crippen molar-refractivity contribution < 1.29 is 8.42 Å². The van der Waals surface area contributed by atoms with Crippen LogP contribution >= 0.6 is 0 Å². The Morgan fingerprint density at radius 1 is 1.29 bits per heavy atom. The highest BCUT2D eigenvalue weighted by molar-refractivity contribution is 7.88. The number of hydrogen-bond donors (Lipinski definition) is 1. The lowest BCUT2D eigenvalue weighted by Crippen LogP contribution is -2.61. The van der Waals surface area contributed by atoms with Gasteiger partial charge in [-0.25, -0.2) is 8.42 Å². The van der Waals surface area contributed by atoms with Gasteiger partial charge in [0.05, 0.1) is 6.26 Å². The number of nitrogens with zero attached hydrogens (tertiary/aromatic N) is 2. The fourth-order valence-electron chi connectivity index (χ4n) is 2.14.